The van der Waals surface area contributed by atoms with Gasteiger partial charge in [-0.1, -0.05) is 78.3 Å². The standard InChI is InChI=1S/C22H13ClN2O/c23-21-19(16-12-10-15(11-13-16)14-6-2-1-3-7-14)25-22-20(24-21)17-8-4-5-9-18(17)26-22/h1-13H. The lowest BCUT2D eigenvalue weighted by atomic mass is 10.0. The average Bonchev–Trinajstić information content (AvgIpc) is 3.06. The quantitative estimate of drug-likeness (QED) is 0.369. The third-order valence-electron chi connectivity index (χ3n) is 4.44. The predicted octanol–water partition coefficient (Wildman–Crippen LogP) is 6.36. The monoisotopic (exact) mass is 356 g/mol. The Bertz CT molecular complexity index is 1230. The largest absolute Gasteiger partial charge is 0.436 e. The number of hydrogen-bond acceptors (Lipinski definition) is 3. The highest BCUT2D eigenvalue weighted by Crippen LogP contribution is 2.32. The van der Waals surface area contributed by atoms with Crippen LogP contribution in [0.5, 0.6) is 0 Å². The van der Waals surface area contributed by atoms with Gasteiger partial charge < -0.3 is 4.42 Å². The second kappa shape index (κ2) is 5.97. The van der Waals surface area contributed by atoms with Crippen molar-refractivity contribution in [2.75, 3.05) is 0 Å². The van der Waals surface area contributed by atoms with Gasteiger partial charge in [0.1, 0.15) is 16.8 Å². The van der Waals surface area contributed by atoms with Crippen LogP contribution in [0.15, 0.2) is 83.3 Å². The lowest BCUT2D eigenvalue weighted by Crippen LogP contribution is -1.89. The van der Waals surface area contributed by atoms with Gasteiger partial charge in [0.25, 0.3) is 0 Å². The molecule has 2 heterocycles. The molecule has 3 nitrogen and oxygen atoms in total. The zero-order valence-electron chi connectivity index (χ0n) is 13.7. The molecular formula is C22H13ClN2O. The van der Waals surface area contributed by atoms with Gasteiger partial charge in [-0.05, 0) is 23.3 Å². The van der Waals surface area contributed by atoms with Crippen molar-refractivity contribution >= 4 is 33.8 Å². The minimum Gasteiger partial charge on any atom is -0.436 e. The molecule has 0 aliphatic carbocycles. The van der Waals surface area contributed by atoms with E-state index in [2.05, 4.69) is 34.2 Å². The fourth-order valence-corrected chi connectivity index (χ4v) is 3.37. The number of nitrogens with zero attached hydrogens (tertiary/aromatic N) is 2. The number of para-hydroxylation sites is 1. The summed E-state index contributed by atoms with van der Waals surface area (Å²) in [6.45, 7) is 0. The Labute approximate surface area is 154 Å². The van der Waals surface area contributed by atoms with Crippen molar-refractivity contribution in [3.8, 4) is 22.4 Å². The summed E-state index contributed by atoms with van der Waals surface area (Å²) in [6, 6.07) is 26.1. The summed E-state index contributed by atoms with van der Waals surface area (Å²) in [6.07, 6.45) is 0. The molecule has 0 aliphatic heterocycles. The number of rotatable bonds is 2. The molecule has 0 spiro atoms. The van der Waals surface area contributed by atoms with Gasteiger partial charge in [0.05, 0.1) is 0 Å². The Kier molecular flexibility index (Phi) is 3.47. The highest BCUT2D eigenvalue weighted by molar-refractivity contribution is 6.32. The van der Waals surface area contributed by atoms with Crippen LogP contribution < -0.4 is 0 Å². The van der Waals surface area contributed by atoms with Crippen molar-refractivity contribution in [1.29, 1.82) is 0 Å². The molecule has 0 amide bonds. The molecule has 0 fully saturated rings. The molecule has 4 heteroatoms. The molecule has 124 valence electrons. The van der Waals surface area contributed by atoms with Crippen LogP contribution in [-0.4, -0.2) is 9.97 Å². The average molecular weight is 357 g/mol. The maximum atomic E-state index is 6.44. The molecule has 3 aromatic carbocycles. The number of halogens is 1. The second-order valence-electron chi connectivity index (χ2n) is 6.06. The number of hydrogen-bond donors (Lipinski definition) is 0. The summed E-state index contributed by atoms with van der Waals surface area (Å²) in [4.78, 5) is 9.15. The number of benzene rings is 3. The lowest BCUT2D eigenvalue weighted by molar-refractivity contribution is 0.653. The Hall–Kier alpha value is -3.17. The van der Waals surface area contributed by atoms with Gasteiger partial charge in [-0.2, -0.15) is 0 Å². The Morgan fingerprint density at radius 3 is 2.12 bits per heavy atom. The summed E-state index contributed by atoms with van der Waals surface area (Å²) in [5.41, 5.74) is 5.79. The maximum Gasteiger partial charge on any atom is 0.247 e. The SMILES string of the molecule is Clc1nc2c(nc1-c1ccc(-c3ccccc3)cc1)oc1ccccc12. The predicted molar refractivity (Wildman–Crippen MR) is 105 cm³/mol. The fourth-order valence-electron chi connectivity index (χ4n) is 3.14. The van der Waals surface area contributed by atoms with Gasteiger partial charge in [-0.25, -0.2) is 9.97 Å². The molecule has 0 saturated carbocycles. The molecule has 0 unspecified atom stereocenters. The third kappa shape index (κ3) is 2.45. The van der Waals surface area contributed by atoms with Gasteiger partial charge in [-0.3, -0.25) is 0 Å². The molecule has 26 heavy (non-hydrogen) atoms. The molecule has 0 saturated heterocycles. The summed E-state index contributed by atoms with van der Waals surface area (Å²) in [7, 11) is 0. The summed E-state index contributed by atoms with van der Waals surface area (Å²) in [5.74, 6) is 0. The van der Waals surface area contributed by atoms with Crippen LogP contribution in [0.4, 0.5) is 0 Å². The van der Waals surface area contributed by atoms with Crippen molar-refractivity contribution in [2.45, 2.75) is 0 Å². The molecule has 0 atom stereocenters. The van der Waals surface area contributed by atoms with Crippen LogP contribution in [0.2, 0.25) is 5.15 Å². The zero-order valence-corrected chi connectivity index (χ0v) is 14.4. The fraction of sp³-hybridized carbons (Fsp3) is 0. The van der Waals surface area contributed by atoms with E-state index < -0.39 is 0 Å². The van der Waals surface area contributed by atoms with Crippen LogP contribution in [-0.2, 0) is 0 Å². The van der Waals surface area contributed by atoms with Crippen LogP contribution >= 0.6 is 11.6 Å². The first-order valence-corrected chi connectivity index (χ1v) is 8.68. The normalized spacial score (nSPS) is 11.3. The molecule has 2 aromatic heterocycles. The van der Waals surface area contributed by atoms with Gasteiger partial charge in [0.15, 0.2) is 5.15 Å². The van der Waals surface area contributed by atoms with Crippen molar-refractivity contribution in [3.05, 3.63) is 84.0 Å². The Balaban J connectivity index is 1.62. The molecule has 0 aliphatic rings. The number of aromatic nitrogens is 2. The topological polar surface area (TPSA) is 38.9 Å². The van der Waals surface area contributed by atoms with E-state index in [1.807, 2.05) is 54.6 Å². The maximum absolute atomic E-state index is 6.44. The number of furan rings is 1. The Morgan fingerprint density at radius 2 is 1.31 bits per heavy atom. The van der Waals surface area contributed by atoms with Crippen molar-refractivity contribution in [1.82, 2.24) is 9.97 Å². The second-order valence-corrected chi connectivity index (χ2v) is 6.42. The van der Waals surface area contributed by atoms with Crippen molar-refractivity contribution in [3.63, 3.8) is 0 Å². The first-order valence-electron chi connectivity index (χ1n) is 8.30. The van der Waals surface area contributed by atoms with E-state index in [9.17, 15) is 0 Å². The lowest BCUT2D eigenvalue weighted by Gasteiger charge is -2.05. The summed E-state index contributed by atoms with van der Waals surface area (Å²) >= 11 is 6.44. The van der Waals surface area contributed by atoms with Crippen LogP contribution in [0.25, 0.3) is 44.6 Å². The van der Waals surface area contributed by atoms with E-state index in [0.717, 1.165) is 22.1 Å². The van der Waals surface area contributed by atoms with Gasteiger partial charge in [0, 0.05) is 10.9 Å². The van der Waals surface area contributed by atoms with Crippen LogP contribution in [0, 0.1) is 0 Å². The summed E-state index contributed by atoms with van der Waals surface area (Å²) < 4.78 is 5.83. The molecule has 0 bridgehead atoms. The first-order chi connectivity index (χ1) is 12.8. The molecule has 5 rings (SSSR count). The van der Waals surface area contributed by atoms with E-state index in [4.69, 9.17) is 16.0 Å². The van der Waals surface area contributed by atoms with Gasteiger partial charge in [0.2, 0.25) is 5.71 Å². The molecule has 0 N–H and O–H groups in total. The van der Waals surface area contributed by atoms with Crippen LogP contribution in [0.1, 0.15) is 0 Å². The van der Waals surface area contributed by atoms with Crippen molar-refractivity contribution < 1.29 is 4.42 Å². The van der Waals surface area contributed by atoms with Gasteiger partial charge in [-0.15, -0.1) is 0 Å². The van der Waals surface area contributed by atoms with Gasteiger partial charge >= 0.3 is 0 Å². The highest BCUT2D eigenvalue weighted by Gasteiger charge is 2.15. The smallest absolute Gasteiger partial charge is 0.247 e. The molecule has 0 radical (unpaired) electrons. The molecular weight excluding hydrogens is 344 g/mol. The first kappa shape index (κ1) is 15.1. The van der Waals surface area contributed by atoms with E-state index >= 15 is 0 Å². The van der Waals surface area contributed by atoms with E-state index in [1.165, 1.54) is 5.56 Å². The van der Waals surface area contributed by atoms with Crippen LogP contribution in [0.3, 0.4) is 0 Å². The van der Waals surface area contributed by atoms with E-state index in [1.54, 1.807) is 0 Å². The number of fused-ring (bicyclic) bond motifs is 3. The minimum atomic E-state index is 0.372. The summed E-state index contributed by atoms with van der Waals surface area (Å²) in [5, 5.41) is 1.29. The van der Waals surface area contributed by atoms with E-state index in [0.29, 0.717) is 22.1 Å². The third-order valence-corrected chi connectivity index (χ3v) is 4.70. The zero-order chi connectivity index (χ0) is 17.5. The highest BCUT2D eigenvalue weighted by atomic mass is 35.5. The van der Waals surface area contributed by atoms with E-state index in [-0.39, 0.29) is 0 Å². The Morgan fingerprint density at radius 1 is 0.654 bits per heavy atom. The van der Waals surface area contributed by atoms with Crippen molar-refractivity contribution in [2.24, 2.45) is 0 Å². The minimum absolute atomic E-state index is 0.372. The molecule has 5 aromatic rings.